The van der Waals surface area contributed by atoms with Gasteiger partial charge in [-0.2, -0.15) is 0 Å². The minimum absolute atomic E-state index is 0. The van der Waals surface area contributed by atoms with Crippen LogP contribution in [0.3, 0.4) is 0 Å². The topological polar surface area (TPSA) is 89.0 Å². The molecule has 9 heteroatoms. The first-order valence-electron chi connectivity index (χ1n) is 8.20. The largest absolute Gasteiger partial charge is 0.493 e. The number of hydrogen-bond acceptors (Lipinski definition) is 5. The lowest BCUT2D eigenvalue weighted by Gasteiger charge is -2.21. The summed E-state index contributed by atoms with van der Waals surface area (Å²) in [6, 6.07) is 5.47. The maximum atomic E-state index is 11.8. The molecule has 0 unspecified atom stereocenters. The molecule has 0 spiro atoms. The summed E-state index contributed by atoms with van der Waals surface area (Å²) in [5.41, 5.74) is 0.761. The van der Waals surface area contributed by atoms with E-state index in [1.165, 1.54) is 6.26 Å². The van der Waals surface area contributed by atoms with Crippen molar-refractivity contribution in [1.29, 1.82) is 0 Å². The van der Waals surface area contributed by atoms with Crippen molar-refractivity contribution in [3.63, 3.8) is 0 Å². The molecule has 0 aliphatic heterocycles. The molecule has 150 valence electrons. The quantitative estimate of drug-likeness (QED) is 0.325. The molecule has 2 N–H and O–H groups in total. The molecule has 1 rings (SSSR count). The highest BCUT2D eigenvalue weighted by Crippen LogP contribution is 2.30. The van der Waals surface area contributed by atoms with Gasteiger partial charge in [-0.05, 0) is 39.8 Å². The molecule has 1 aromatic rings. The fourth-order valence-electron chi connectivity index (χ4n) is 1.85. The number of hydrogen-bond donors (Lipinski definition) is 2. The number of nitrogens with zero attached hydrogens (tertiary/aromatic N) is 1. The van der Waals surface area contributed by atoms with Crippen LogP contribution in [0.25, 0.3) is 0 Å². The molecule has 0 amide bonds. The lowest BCUT2D eigenvalue weighted by molar-refractivity contribution is 0.311. The van der Waals surface area contributed by atoms with E-state index in [0.717, 1.165) is 5.69 Å². The van der Waals surface area contributed by atoms with E-state index in [9.17, 15) is 8.42 Å². The van der Waals surface area contributed by atoms with Crippen LogP contribution in [0.5, 0.6) is 11.5 Å². The van der Waals surface area contributed by atoms with E-state index >= 15 is 0 Å². The molecular formula is C17H30IN3O4S. The number of benzene rings is 1. The molecule has 7 nitrogen and oxygen atoms in total. The molecule has 0 aromatic heterocycles. The van der Waals surface area contributed by atoms with Gasteiger partial charge in [0.15, 0.2) is 27.3 Å². The molecule has 1 aromatic carbocycles. The van der Waals surface area contributed by atoms with E-state index < -0.39 is 14.6 Å². The van der Waals surface area contributed by atoms with Crippen molar-refractivity contribution < 1.29 is 17.9 Å². The molecule has 0 bridgehead atoms. The van der Waals surface area contributed by atoms with E-state index in [1.54, 1.807) is 27.0 Å². The zero-order valence-electron chi connectivity index (χ0n) is 16.3. The predicted octanol–water partition coefficient (Wildman–Crippen LogP) is 2.91. The van der Waals surface area contributed by atoms with Gasteiger partial charge >= 0.3 is 0 Å². The van der Waals surface area contributed by atoms with Gasteiger partial charge in [0.1, 0.15) is 0 Å². The summed E-state index contributed by atoms with van der Waals surface area (Å²) in [5, 5.41) is 6.26. The highest BCUT2D eigenvalue weighted by molar-refractivity contribution is 14.0. The Balaban J connectivity index is 0.00000625. The maximum Gasteiger partial charge on any atom is 0.195 e. The Hall–Kier alpha value is -1.23. The van der Waals surface area contributed by atoms with Gasteiger partial charge in [0.2, 0.25) is 0 Å². The summed E-state index contributed by atoms with van der Waals surface area (Å²) in [6.07, 6.45) is 1.22. The van der Waals surface area contributed by atoms with E-state index in [-0.39, 0.29) is 30.5 Å². The summed E-state index contributed by atoms with van der Waals surface area (Å²) >= 11 is 0. The first-order chi connectivity index (χ1) is 11.6. The molecule has 0 aliphatic carbocycles. The number of sulfone groups is 1. The number of ether oxygens (including phenoxy) is 2. The first kappa shape index (κ1) is 24.8. The average Bonchev–Trinajstić information content (AvgIpc) is 2.53. The van der Waals surface area contributed by atoms with Crippen LogP contribution >= 0.6 is 24.0 Å². The third-order valence-corrected chi connectivity index (χ3v) is 5.83. The standard InChI is InChI=1S/C17H29N3O4S.HI/c1-7-18-16(19-12-17(3,4)25(6,21)22)20-13-9-10-14(24-8-2)15(11-13)23-5;/h9-11H,7-8,12H2,1-6H3,(H2,18,19,20);1H. The number of aliphatic imine (C=N–C) groups is 1. The average molecular weight is 499 g/mol. The van der Waals surface area contributed by atoms with Crippen LogP contribution in [0, 0.1) is 0 Å². The molecule has 26 heavy (non-hydrogen) atoms. The zero-order valence-corrected chi connectivity index (χ0v) is 19.4. The monoisotopic (exact) mass is 499 g/mol. The number of guanidine groups is 1. The van der Waals surface area contributed by atoms with Crippen molar-refractivity contribution in [1.82, 2.24) is 5.32 Å². The molecule has 0 radical (unpaired) electrons. The number of halogens is 1. The molecule has 0 saturated heterocycles. The highest BCUT2D eigenvalue weighted by Gasteiger charge is 2.30. The van der Waals surface area contributed by atoms with Crippen LogP contribution < -0.4 is 20.1 Å². The summed E-state index contributed by atoms with van der Waals surface area (Å²) in [6.45, 7) is 8.52. The second kappa shape index (κ2) is 10.8. The number of methoxy groups -OCH3 is 1. The lowest BCUT2D eigenvalue weighted by Crippen LogP contribution is -2.37. The van der Waals surface area contributed by atoms with Gasteiger partial charge in [0.05, 0.1) is 25.0 Å². The van der Waals surface area contributed by atoms with Crippen LogP contribution in [-0.4, -0.2) is 52.2 Å². The molecule has 0 saturated carbocycles. The third-order valence-electron chi connectivity index (χ3n) is 3.69. The van der Waals surface area contributed by atoms with Crippen molar-refractivity contribution in [2.24, 2.45) is 4.99 Å². The van der Waals surface area contributed by atoms with E-state index in [1.807, 2.05) is 26.0 Å². The Morgan fingerprint density at radius 2 is 1.88 bits per heavy atom. The molecule has 0 fully saturated rings. The van der Waals surface area contributed by atoms with E-state index in [0.29, 0.717) is 30.6 Å². The second-order valence-electron chi connectivity index (χ2n) is 6.15. The van der Waals surface area contributed by atoms with E-state index in [4.69, 9.17) is 9.47 Å². The van der Waals surface area contributed by atoms with Crippen molar-refractivity contribution in [3.05, 3.63) is 18.2 Å². The normalized spacial score (nSPS) is 12.2. The zero-order chi connectivity index (χ0) is 19.1. The van der Waals surface area contributed by atoms with Crippen LogP contribution in [0.2, 0.25) is 0 Å². The van der Waals surface area contributed by atoms with Gasteiger partial charge in [0, 0.05) is 24.6 Å². The molecule has 0 atom stereocenters. The fraction of sp³-hybridized carbons (Fsp3) is 0.588. The molecular weight excluding hydrogens is 469 g/mol. The van der Waals surface area contributed by atoms with Crippen LogP contribution in [-0.2, 0) is 9.84 Å². The minimum atomic E-state index is -3.21. The summed E-state index contributed by atoms with van der Waals surface area (Å²) in [5.74, 6) is 1.78. The SMILES string of the molecule is CCNC(=NCC(C)(C)S(C)(=O)=O)Nc1ccc(OCC)c(OC)c1.I. The van der Waals surface area contributed by atoms with Crippen LogP contribution in [0.4, 0.5) is 5.69 Å². The molecule has 0 aliphatic rings. The number of rotatable bonds is 8. The van der Waals surface area contributed by atoms with E-state index in [2.05, 4.69) is 15.6 Å². The first-order valence-corrected chi connectivity index (χ1v) is 10.1. The number of anilines is 1. The van der Waals surface area contributed by atoms with Crippen LogP contribution in [0.15, 0.2) is 23.2 Å². The Labute approximate surface area is 173 Å². The van der Waals surface area contributed by atoms with Gasteiger partial charge in [-0.25, -0.2) is 8.42 Å². The number of nitrogens with one attached hydrogen (secondary N) is 2. The predicted molar refractivity (Wildman–Crippen MR) is 118 cm³/mol. The van der Waals surface area contributed by atoms with Crippen molar-refractivity contribution >= 4 is 45.5 Å². The van der Waals surface area contributed by atoms with Gasteiger partial charge in [0.25, 0.3) is 0 Å². The van der Waals surface area contributed by atoms with Gasteiger partial charge in [-0.15, -0.1) is 24.0 Å². The smallest absolute Gasteiger partial charge is 0.195 e. The van der Waals surface area contributed by atoms with Gasteiger partial charge < -0.3 is 20.1 Å². The van der Waals surface area contributed by atoms with Crippen molar-refractivity contribution in [2.45, 2.75) is 32.4 Å². The fourth-order valence-corrected chi connectivity index (χ4v) is 2.15. The third kappa shape index (κ3) is 7.18. The Morgan fingerprint density at radius 1 is 1.23 bits per heavy atom. The molecule has 0 heterocycles. The van der Waals surface area contributed by atoms with Crippen molar-refractivity contribution in [3.8, 4) is 11.5 Å². The maximum absolute atomic E-state index is 11.8. The second-order valence-corrected chi connectivity index (χ2v) is 8.80. The summed E-state index contributed by atoms with van der Waals surface area (Å²) in [7, 11) is -1.63. The summed E-state index contributed by atoms with van der Waals surface area (Å²) in [4.78, 5) is 4.40. The van der Waals surface area contributed by atoms with Gasteiger partial charge in [-0.3, -0.25) is 4.99 Å². The van der Waals surface area contributed by atoms with Crippen molar-refractivity contribution in [2.75, 3.05) is 38.4 Å². The lowest BCUT2D eigenvalue weighted by atomic mass is 10.2. The Morgan fingerprint density at radius 3 is 2.38 bits per heavy atom. The van der Waals surface area contributed by atoms with Crippen LogP contribution in [0.1, 0.15) is 27.7 Å². The minimum Gasteiger partial charge on any atom is -0.493 e. The van der Waals surface area contributed by atoms with Gasteiger partial charge in [-0.1, -0.05) is 0 Å². The summed E-state index contributed by atoms with van der Waals surface area (Å²) < 4.78 is 33.5. The Bertz CT molecular complexity index is 706. The highest BCUT2D eigenvalue weighted by atomic mass is 127. The Kier molecular flexibility index (Phi) is 10.3.